The molecule has 1 fully saturated rings. The van der Waals surface area contributed by atoms with Gasteiger partial charge in [0.15, 0.2) is 0 Å². The highest BCUT2D eigenvalue weighted by Crippen LogP contribution is 2.31. The fourth-order valence-corrected chi connectivity index (χ4v) is 2.31. The van der Waals surface area contributed by atoms with Gasteiger partial charge < -0.3 is 5.11 Å². The van der Waals surface area contributed by atoms with Gasteiger partial charge in [-0.05, 0) is 25.7 Å². The maximum Gasteiger partial charge on any atom is 0.308 e. The van der Waals surface area contributed by atoms with Crippen molar-refractivity contribution in [3.63, 3.8) is 0 Å². The van der Waals surface area contributed by atoms with Crippen molar-refractivity contribution in [1.29, 1.82) is 0 Å². The highest BCUT2D eigenvalue weighted by atomic mass is 16.4. The van der Waals surface area contributed by atoms with E-state index in [9.17, 15) is 9.70 Å². The monoisotopic (exact) mass is 214 g/mol. The molecule has 1 saturated heterocycles. The molecule has 5 heteroatoms. The van der Waals surface area contributed by atoms with Crippen LogP contribution in [0.4, 0.5) is 0 Å². The smallest absolute Gasteiger partial charge is 0.308 e. The summed E-state index contributed by atoms with van der Waals surface area (Å²) in [6.07, 6.45) is 1.36. The Morgan fingerprint density at radius 1 is 1.47 bits per heavy atom. The van der Waals surface area contributed by atoms with E-state index in [1.165, 1.54) is 5.01 Å². The van der Waals surface area contributed by atoms with Crippen LogP contribution in [0, 0.1) is 16.7 Å². The number of hydrogen-bond acceptors (Lipinski definition) is 3. The van der Waals surface area contributed by atoms with Gasteiger partial charge in [0, 0.05) is 0 Å². The molecule has 3 unspecified atom stereocenters. The summed E-state index contributed by atoms with van der Waals surface area (Å²) in [5.41, 5.74) is 0. The number of nitrogens with zero attached hydrogens (tertiary/aromatic N) is 2. The van der Waals surface area contributed by atoms with Gasteiger partial charge in [-0.3, -0.25) is 9.80 Å². The van der Waals surface area contributed by atoms with Crippen molar-refractivity contribution in [1.82, 2.24) is 5.01 Å². The molecule has 3 atom stereocenters. The molecule has 1 rings (SSSR count). The summed E-state index contributed by atoms with van der Waals surface area (Å²) in [6, 6.07) is -0.228. The lowest BCUT2D eigenvalue weighted by atomic mass is 9.84. The van der Waals surface area contributed by atoms with Gasteiger partial charge >= 0.3 is 5.97 Å². The van der Waals surface area contributed by atoms with Crippen LogP contribution in [0.5, 0.6) is 0 Å². The van der Waals surface area contributed by atoms with Crippen LogP contribution in [-0.2, 0) is 4.79 Å². The molecule has 5 nitrogen and oxygen atoms in total. The number of nitroso groups, excluding NO2 is 1. The molecule has 0 aliphatic carbocycles. The van der Waals surface area contributed by atoms with Crippen LogP contribution in [-0.4, -0.2) is 28.2 Å². The summed E-state index contributed by atoms with van der Waals surface area (Å²) in [5.74, 6) is -0.990. The van der Waals surface area contributed by atoms with Gasteiger partial charge in [0.25, 0.3) is 0 Å². The molecule has 0 aromatic rings. The molecule has 1 N–H and O–H groups in total. The van der Waals surface area contributed by atoms with Gasteiger partial charge in [-0.2, -0.15) is 0 Å². The van der Waals surface area contributed by atoms with Gasteiger partial charge in [-0.25, -0.2) is 0 Å². The van der Waals surface area contributed by atoms with Crippen LogP contribution in [0.15, 0.2) is 5.29 Å². The normalized spacial score (nSPS) is 31.7. The Morgan fingerprint density at radius 3 is 2.47 bits per heavy atom. The molecule has 1 aliphatic heterocycles. The van der Waals surface area contributed by atoms with Gasteiger partial charge in [0.05, 0.1) is 23.3 Å². The second-order valence-electron chi connectivity index (χ2n) is 4.54. The quantitative estimate of drug-likeness (QED) is 0.728. The third-order valence-electron chi connectivity index (χ3n) is 3.29. The zero-order valence-corrected chi connectivity index (χ0v) is 9.38. The minimum absolute atomic E-state index is 0.0769. The summed E-state index contributed by atoms with van der Waals surface area (Å²) in [4.78, 5) is 21.7. The Kier molecular flexibility index (Phi) is 3.66. The average Bonchev–Trinajstić information content (AvgIpc) is 2.16. The summed E-state index contributed by atoms with van der Waals surface area (Å²) >= 11 is 0. The van der Waals surface area contributed by atoms with E-state index >= 15 is 0 Å². The SMILES string of the molecule is CC(C)C1CCC(C(=O)O)C(C)N1N=O. The van der Waals surface area contributed by atoms with Crippen molar-refractivity contribution in [2.45, 2.75) is 45.7 Å². The first-order chi connectivity index (χ1) is 6.99. The van der Waals surface area contributed by atoms with E-state index in [-0.39, 0.29) is 12.1 Å². The van der Waals surface area contributed by atoms with Crippen LogP contribution >= 0.6 is 0 Å². The van der Waals surface area contributed by atoms with Crippen LogP contribution in [0.2, 0.25) is 0 Å². The third-order valence-corrected chi connectivity index (χ3v) is 3.29. The lowest BCUT2D eigenvalue weighted by molar-refractivity contribution is -0.147. The van der Waals surface area contributed by atoms with E-state index in [1.54, 1.807) is 6.92 Å². The van der Waals surface area contributed by atoms with Crippen LogP contribution in [0.25, 0.3) is 0 Å². The summed E-state index contributed by atoms with van der Waals surface area (Å²) in [7, 11) is 0. The lowest BCUT2D eigenvalue weighted by Crippen LogP contribution is -2.50. The van der Waals surface area contributed by atoms with Crippen LogP contribution in [0.3, 0.4) is 0 Å². The Bertz CT molecular complexity index is 255. The fourth-order valence-electron chi connectivity index (χ4n) is 2.31. The first kappa shape index (κ1) is 11.9. The topological polar surface area (TPSA) is 70.0 Å². The number of rotatable bonds is 3. The third kappa shape index (κ3) is 2.27. The average molecular weight is 214 g/mol. The molecule has 0 amide bonds. The van der Waals surface area contributed by atoms with E-state index in [4.69, 9.17) is 5.11 Å². The minimum atomic E-state index is -0.835. The predicted octanol–water partition coefficient (Wildman–Crippen LogP) is 1.88. The maximum absolute atomic E-state index is 10.9. The second-order valence-corrected chi connectivity index (χ2v) is 4.54. The number of aliphatic carboxylic acids is 1. The van der Waals surface area contributed by atoms with Crippen molar-refractivity contribution < 1.29 is 9.90 Å². The van der Waals surface area contributed by atoms with Gasteiger partial charge in [-0.15, -0.1) is 4.91 Å². The molecule has 15 heavy (non-hydrogen) atoms. The molecule has 0 radical (unpaired) electrons. The van der Waals surface area contributed by atoms with Gasteiger partial charge in [-0.1, -0.05) is 13.8 Å². The number of hydrogen-bond donors (Lipinski definition) is 1. The van der Waals surface area contributed by atoms with Crippen LogP contribution in [0.1, 0.15) is 33.6 Å². The molecule has 0 aromatic carbocycles. The first-order valence-corrected chi connectivity index (χ1v) is 5.33. The lowest BCUT2D eigenvalue weighted by Gasteiger charge is -2.41. The largest absolute Gasteiger partial charge is 0.481 e. The van der Waals surface area contributed by atoms with Crippen molar-refractivity contribution >= 4 is 5.97 Å². The van der Waals surface area contributed by atoms with E-state index in [0.29, 0.717) is 12.3 Å². The zero-order valence-electron chi connectivity index (χ0n) is 9.38. The zero-order chi connectivity index (χ0) is 11.6. The minimum Gasteiger partial charge on any atom is -0.481 e. The molecule has 1 aliphatic rings. The highest BCUT2D eigenvalue weighted by Gasteiger charge is 2.39. The molecule has 0 spiro atoms. The fraction of sp³-hybridized carbons (Fsp3) is 0.900. The summed E-state index contributed by atoms with van der Waals surface area (Å²) in [6.45, 7) is 5.81. The van der Waals surface area contributed by atoms with Crippen molar-refractivity contribution in [2.75, 3.05) is 0 Å². The summed E-state index contributed by atoms with van der Waals surface area (Å²) in [5, 5.41) is 13.4. The van der Waals surface area contributed by atoms with Crippen molar-refractivity contribution in [3.8, 4) is 0 Å². The standard InChI is InChI=1S/C10H18N2O3/c1-6(2)9-5-4-8(10(13)14)7(3)12(9)11-15/h6-9H,4-5H2,1-3H3,(H,13,14). The van der Waals surface area contributed by atoms with E-state index < -0.39 is 11.9 Å². The molecule has 1 heterocycles. The number of carboxylic acid groups (broad SMARTS) is 1. The van der Waals surface area contributed by atoms with Gasteiger partial charge in [0.1, 0.15) is 0 Å². The Morgan fingerprint density at radius 2 is 2.07 bits per heavy atom. The van der Waals surface area contributed by atoms with Crippen LogP contribution < -0.4 is 0 Å². The van der Waals surface area contributed by atoms with Crippen molar-refractivity contribution in [2.24, 2.45) is 17.1 Å². The Hall–Kier alpha value is -1.13. The molecule has 0 aromatic heterocycles. The van der Waals surface area contributed by atoms with E-state index in [0.717, 1.165) is 6.42 Å². The number of carboxylic acids is 1. The molecular formula is C10H18N2O3. The van der Waals surface area contributed by atoms with Crippen molar-refractivity contribution in [3.05, 3.63) is 4.91 Å². The summed E-state index contributed by atoms with van der Waals surface area (Å²) < 4.78 is 0. The van der Waals surface area contributed by atoms with E-state index in [2.05, 4.69) is 5.29 Å². The number of carbonyl (C=O) groups is 1. The maximum atomic E-state index is 10.9. The molecule has 0 bridgehead atoms. The molecule has 86 valence electrons. The van der Waals surface area contributed by atoms with E-state index in [1.807, 2.05) is 13.8 Å². The Balaban J connectivity index is 2.81. The van der Waals surface area contributed by atoms with Gasteiger partial charge in [0.2, 0.25) is 0 Å². The molecule has 0 saturated carbocycles. The highest BCUT2D eigenvalue weighted by molar-refractivity contribution is 5.71. The molecular weight excluding hydrogens is 196 g/mol. The second kappa shape index (κ2) is 4.59. The Labute approximate surface area is 89.4 Å². The predicted molar refractivity (Wildman–Crippen MR) is 56.1 cm³/mol. The number of piperidine rings is 1. The first-order valence-electron chi connectivity index (χ1n) is 5.33.